The summed E-state index contributed by atoms with van der Waals surface area (Å²) in [5, 5.41) is 22.6. The first kappa shape index (κ1) is 14.2. The Bertz CT molecular complexity index is 434. The first-order valence-corrected chi connectivity index (χ1v) is 5.61. The molecule has 7 heteroatoms. The Morgan fingerprint density at radius 1 is 1.56 bits per heavy atom. The number of nitrogens with zero attached hydrogens (tertiary/aromatic N) is 2. The number of nitro groups is 1. The number of aromatic nitrogens is 1. The average molecular weight is 254 g/mol. The monoisotopic (exact) mass is 254 g/mol. The van der Waals surface area contributed by atoms with Gasteiger partial charge in [0.1, 0.15) is 11.6 Å². The van der Waals surface area contributed by atoms with Crippen molar-refractivity contribution < 1.29 is 10.0 Å². The summed E-state index contributed by atoms with van der Waals surface area (Å²) in [7, 11) is 0. The lowest BCUT2D eigenvalue weighted by Gasteiger charge is -2.24. The number of rotatable bonds is 6. The molecule has 1 heterocycles. The molecule has 0 spiro atoms. The maximum Gasteiger partial charge on any atom is 0.276 e. The number of hydrogen-bond acceptors (Lipinski definition) is 6. The van der Waals surface area contributed by atoms with E-state index in [2.05, 4.69) is 10.3 Å². The van der Waals surface area contributed by atoms with Gasteiger partial charge in [0.15, 0.2) is 0 Å². The van der Waals surface area contributed by atoms with Gasteiger partial charge in [-0.3, -0.25) is 10.1 Å². The number of pyridine rings is 1. The molecule has 0 aliphatic carbocycles. The van der Waals surface area contributed by atoms with Crippen LogP contribution < -0.4 is 11.1 Å². The van der Waals surface area contributed by atoms with E-state index in [0.717, 1.165) is 0 Å². The fourth-order valence-corrected chi connectivity index (χ4v) is 1.45. The molecule has 4 N–H and O–H groups in total. The van der Waals surface area contributed by atoms with E-state index in [9.17, 15) is 10.1 Å². The molecule has 0 bridgehead atoms. The van der Waals surface area contributed by atoms with Gasteiger partial charge in [0.05, 0.1) is 17.1 Å². The van der Waals surface area contributed by atoms with Crippen LogP contribution in [0.1, 0.15) is 20.3 Å². The Hall–Kier alpha value is -1.89. The van der Waals surface area contributed by atoms with Crippen LogP contribution in [0, 0.1) is 15.5 Å². The van der Waals surface area contributed by atoms with Crippen molar-refractivity contribution in [1.29, 1.82) is 0 Å². The van der Waals surface area contributed by atoms with Crippen LogP contribution in [0.15, 0.2) is 12.1 Å². The standard InChI is InChI=1S/C11H18N4O3/c1-11(2,3-4-16)7-13-10-6-8(15(17)18)5-9(12)14-10/h5-6,16H,3-4,7H2,1-2H3,(H3,12,13,14). The van der Waals surface area contributed by atoms with E-state index in [0.29, 0.717) is 18.8 Å². The molecule has 0 aliphatic rings. The first-order valence-electron chi connectivity index (χ1n) is 5.61. The molecular formula is C11H18N4O3. The van der Waals surface area contributed by atoms with Crippen LogP contribution in [-0.4, -0.2) is 28.2 Å². The molecular weight excluding hydrogens is 236 g/mol. The zero-order valence-electron chi connectivity index (χ0n) is 10.5. The van der Waals surface area contributed by atoms with E-state index in [4.69, 9.17) is 10.8 Å². The third-order valence-electron chi connectivity index (χ3n) is 2.58. The molecule has 0 saturated heterocycles. The van der Waals surface area contributed by atoms with Crippen LogP contribution in [0.3, 0.4) is 0 Å². The van der Waals surface area contributed by atoms with Gasteiger partial charge in [-0.1, -0.05) is 13.8 Å². The maximum atomic E-state index is 10.7. The number of hydrogen-bond donors (Lipinski definition) is 3. The van der Waals surface area contributed by atoms with E-state index in [-0.39, 0.29) is 23.5 Å². The lowest BCUT2D eigenvalue weighted by atomic mass is 9.90. The summed E-state index contributed by atoms with van der Waals surface area (Å²) in [5.74, 6) is 0.472. The van der Waals surface area contributed by atoms with Gasteiger partial charge in [0, 0.05) is 13.2 Å². The van der Waals surface area contributed by atoms with Crippen LogP contribution >= 0.6 is 0 Å². The van der Waals surface area contributed by atoms with Gasteiger partial charge in [-0.25, -0.2) is 4.98 Å². The predicted molar refractivity (Wildman–Crippen MR) is 69.3 cm³/mol. The molecule has 0 amide bonds. The van der Waals surface area contributed by atoms with Crippen LogP contribution in [0.2, 0.25) is 0 Å². The van der Waals surface area contributed by atoms with Crippen molar-refractivity contribution in [3.63, 3.8) is 0 Å². The smallest absolute Gasteiger partial charge is 0.276 e. The number of nitrogens with one attached hydrogen (secondary N) is 1. The maximum absolute atomic E-state index is 10.7. The molecule has 18 heavy (non-hydrogen) atoms. The van der Waals surface area contributed by atoms with E-state index in [1.165, 1.54) is 12.1 Å². The number of aliphatic hydroxyl groups excluding tert-OH is 1. The summed E-state index contributed by atoms with van der Waals surface area (Å²) in [6.07, 6.45) is 0.629. The second kappa shape index (κ2) is 5.63. The predicted octanol–water partition coefficient (Wildman–Crippen LogP) is 1.39. The third-order valence-corrected chi connectivity index (χ3v) is 2.58. The molecule has 1 aromatic rings. The molecule has 7 nitrogen and oxygen atoms in total. The second-order valence-electron chi connectivity index (χ2n) is 4.88. The molecule has 0 radical (unpaired) electrons. The summed E-state index contributed by atoms with van der Waals surface area (Å²) in [5.41, 5.74) is 5.28. The molecule has 0 saturated carbocycles. The van der Waals surface area contributed by atoms with Crippen LogP contribution in [0.5, 0.6) is 0 Å². The van der Waals surface area contributed by atoms with E-state index in [1.54, 1.807) is 0 Å². The topological polar surface area (TPSA) is 114 Å². The van der Waals surface area contributed by atoms with Crippen molar-refractivity contribution in [3.05, 3.63) is 22.2 Å². The molecule has 100 valence electrons. The molecule has 1 rings (SSSR count). The minimum atomic E-state index is -0.512. The molecule has 0 fully saturated rings. The molecule has 0 unspecified atom stereocenters. The zero-order chi connectivity index (χ0) is 13.8. The zero-order valence-corrected chi connectivity index (χ0v) is 10.5. The highest BCUT2D eigenvalue weighted by Crippen LogP contribution is 2.23. The summed E-state index contributed by atoms with van der Waals surface area (Å²) >= 11 is 0. The number of nitrogen functional groups attached to an aromatic ring is 1. The van der Waals surface area contributed by atoms with Crippen molar-refractivity contribution in [2.24, 2.45) is 5.41 Å². The van der Waals surface area contributed by atoms with Gasteiger partial charge in [0.2, 0.25) is 0 Å². The van der Waals surface area contributed by atoms with Gasteiger partial charge >= 0.3 is 0 Å². The van der Waals surface area contributed by atoms with Crippen LogP contribution in [0.25, 0.3) is 0 Å². The van der Waals surface area contributed by atoms with Crippen LogP contribution in [0.4, 0.5) is 17.3 Å². The Balaban J connectivity index is 2.76. The Morgan fingerprint density at radius 3 is 2.78 bits per heavy atom. The van der Waals surface area contributed by atoms with Crippen LogP contribution in [-0.2, 0) is 0 Å². The Labute approximate surface area is 105 Å². The lowest BCUT2D eigenvalue weighted by Crippen LogP contribution is -2.24. The lowest BCUT2D eigenvalue weighted by molar-refractivity contribution is -0.384. The molecule has 0 aromatic carbocycles. The van der Waals surface area contributed by atoms with Gasteiger partial charge in [0.25, 0.3) is 5.69 Å². The van der Waals surface area contributed by atoms with E-state index in [1.807, 2.05) is 13.8 Å². The van der Waals surface area contributed by atoms with Crippen molar-refractivity contribution in [1.82, 2.24) is 4.98 Å². The van der Waals surface area contributed by atoms with Gasteiger partial charge in [-0.2, -0.15) is 0 Å². The number of aliphatic hydroxyl groups is 1. The van der Waals surface area contributed by atoms with Crippen molar-refractivity contribution in [2.75, 3.05) is 24.2 Å². The largest absolute Gasteiger partial charge is 0.396 e. The van der Waals surface area contributed by atoms with Crippen molar-refractivity contribution in [3.8, 4) is 0 Å². The minimum absolute atomic E-state index is 0.0926. The molecule has 1 aromatic heterocycles. The number of nitrogens with two attached hydrogens (primary N) is 1. The van der Waals surface area contributed by atoms with Crippen molar-refractivity contribution >= 4 is 17.3 Å². The quantitative estimate of drug-likeness (QED) is 0.522. The van der Waals surface area contributed by atoms with Gasteiger partial charge in [-0.15, -0.1) is 0 Å². The third kappa shape index (κ3) is 4.17. The van der Waals surface area contributed by atoms with Gasteiger partial charge < -0.3 is 16.2 Å². The fourth-order valence-electron chi connectivity index (χ4n) is 1.45. The summed E-state index contributed by atoms with van der Waals surface area (Å²) in [6.45, 7) is 4.61. The highest BCUT2D eigenvalue weighted by atomic mass is 16.6. The highest BCUT2D eigenvalue weighted by molar-refractivity contribution is 5.52. The second-order valence-corrected chi connectivity index (χ2v) is 4.88. The fraction of sp³-hybridized carbons (Fsp3) is 0.545. The summed E-state index contributed by atoms with van der Waals surface area (Å²) < 4.78 is 0. The SMILES string of the molecule is CC(C)(CCO)CNc1cc([N+](=O)[O-])cc(N)n1. The first-order chi connectivity index (χ1) is 8.34. The average Bonchev–Trinajstić information content (AvgIpc) is 2.26. The van der Waals surface area contributed by atoms with Crippen molar-refractivity contribution in [2.45, 2.75) is 20.3 Å². The van der Waals surface area contributed by atoms with Gasteiger partial charge in [-0.05, 0) is 11.8 Å². The minimum Gasteiger partial charge on any atom is -0.396 e. The highest BCUT2D eigenvalue weighted by Gasteiger charge is 2.18. The number of anilines is 2. The summed E-state index contributed by atoms with van der Waals surface area (Å²) in [6, 6.07) is 2.55. The molecule has 0 atom stereocenters. The van der Waals surface area contributed by atoms with E-state index >= 15 is 0 Å². The molecule has 0 aliphatic heterocycles. The Morgan fingerprint density at radius 2 is 2.22 bits per heavy atom. The summed E-state index contributed by atoms with van der Waals surface area (Å²) in [4.78, 5) is 14.1. The Kier molecular flexibility index (Phi) is 4.43. The van der Waals surface area contributed by atoms with E-state index < -0.39 is 4.92 Å². The normalized spacial score (nSPS) is 11.3.